The molecule has 2 aromatic heterocycles. The summed E-state index contributed by atoms with van der Waals surface area (Å²) in [5.74, 6) is -1.15. The van der Waals surface area contributed by atoms with E-state index in [4.69, 9.17) is 16.7 Å². The minimum absolute atomic E-state index is 0.00123. The Labute approximate surface area is 130 Å². The first kappa shape index (κ1) is 15.7. The highest BCUT2D eigenvalue weighted by atomic mass is 35.5. The first-order valence-electron chi connectivity index (χ1n) is 5.69. The van der Waals surface area contributed by atoms with Crippen molar-refractivity contribution < 1.29 is 18.3 Å². The third-order valence-electron chi connectivity index (χ3n) is 2.68. The van der Waals surface area contributed by atoms with Gasteiger partial charge in [0.25, 0.3) is 10.0 Å². The number of halogens is 1. The van der Waals surface area contributed by atoms with Crippen molar-refractivity contribution >= 4 is 44.6 Å². The molecule has 0 spiro atoms. The quantitative estimate of drug-likeness (QED) is 0.830. The number of thiophene rings is 1. The first-order valence-corrected chi connectivity index (χ1v) is 8.37. The van der Waals surface area contributed by atoms with Gasteiger partial charge in [0.15, 0.2) is 0 Å². The van der Waals surface area contributed by atoms with E-state index >= 15 is 0 Å². The number of rotatable bonds is 4. The fourth-order valence-electron chi connectivity index (χ4n) is 1.62. The Balaban J connectivity index is 2.38. The molecular weight excluding hydrogens is 336 g/mol. The molecule has 0 unspecified atom stereocenters. The molecule has 0 aliphatic carbocycles. The molecule has 9 heteroatoms. The highest BCUT2D eigenvalue weighted by molar-refractivity contribution is 7.94. The molecule has 21 heavy (non-hydrogen) atoms. The van der Waals surface area contributed by atoms with E-state index in [1.165, 1.54) is 18.3 Å². The predicted octanol–water partition coefficient (Wildman–Crippen LogP) is 2.91. The fraction of sp³-hybridized carbons (Fsp3) is 0.167. The van der Waals surface area contributed by atoms with E-state index in [1.54, 1.807) is 13.8 Å². The molecule has 0 aromatic carbocycles. The van der Waals surface area contributed by atoms with Gasteiger partial charge in [0, 0.05) is 0 Å². The standard InChI is InChI=1S/C12H11ClN2O4S2/c1-6-3-9(13)14-5-8(6)15-21(18,19)10-4-7(2)11(20-10)12(16)17/h3-5,15H,1-2H3,(H,16,17). The number of anilines is 1. The van der Waals surface area contributed by atoms with Crippen molar-refractivity contribution in [2.24, 2.45) is 0 Å². The van der Waals surface area contributed by atoms with Gasteiger partial charge in [-0.15, -0.1) is 11.3 Å². The maximum absolute atomic E-state index is 12.3. The Morgan fingerprint density at radius 2 is 2.00 bits per heavy atom. The number of carbonyl (C=O) groups is 1. The minimum atomic E-state index is -3.86. The van der Waals surface area contributed by atoms with Gasteiger partial charge in [-0.05, 0) is 37.1 Å². The third-order valence-corrected chi connectivity index (χ3v) is 5.95. The number of aromatic carboxylic acids is 1. The molecule has 0 amide bonds. The van der Waals surface area contributed by atoms with E-state index in [2.05, 4.69) is 9.71 Å². The molecular formula is C12H11ClN2O4S2. The normalized spacial score (nSPS) is 11.4. The molecule has 0 bridgehead atoms. The highest BCUT2D eigenvalue weighted by Crippen LogP contribution is 2.28. The maximum atomic E-state index is 12.3. The molecule has 0 radical (unpaired) electrons. The Morgan fingerprint density at radius 3 is 2.52 bits per heavy atom. The molecule has 2 aromatic rings. The maximum Gasteiger partial charge on any atom is 0.346 e. The highest BCUT2D eigenvalue weighted by Gasteiger charge is 2.22. The number of nitrogens with one attached hydrogen (secondary N) is 1. The molecule has 0 saturated carbocycles. The summed E-state index contributed by atoms with van der Waals surface area (Å²) in [4.78, 5) is 14.8. The Kier molecular flexibility index (Phi) is 4.22. The summed E-state index contributed by atoms with van der Waals surface area (Å²) >= 11 is 6.42. The smallest absolute Gasteiger partial charge is 0.346 e. The molecule has 0 aliphatic rings. The molecule has 0 aliphatic heterocycles. The van der Waals surface area contributed by atoms with Gasteiger partial charge < -0.3 is 5.11 Å². The largest absolute Gasteiger partial charge is 0.477 e. The molecule has 2 N–H and O–H groups in total. The van der Waals surface area contributed by atoms with E-state index in [0.717, 1.165) is 0 Å². The lowest BCUT2D eigenvalue weighted by molar-refractivity contribution is 0.0701. The zero-order valence-electron chi connectivity index (χ0n) is 11.0. The number of sulfonamides is 1. The van der Waals surface area contributed by atoms with Crippen LogP contribution in [0.3, 0.4) is 0 Å². The lowest BCUT2D eigenvalue weighted by Gasteiger charge is -2.08. The molecule has 2 heterocycles. The molecule has 2 rings (SSSR count). The Morgan fingerprint density at radius 1 is 1.33 bits per heavy atom. The minimum Gasteiger partial charge on any atom is -0.477 e. The Hall–Kier alpha value is -1.64. The van der Waals surface area contributed by atoms with Crippen LogP contribution in [0.4, 0.5) is 5.69 Å². The van der Waals surface area contributed by atoms with Gasteiger partial charge in [-0.1, -0.05) is 11.6 Å². The van der Waals surface area contributed by atoms with Crippen molar-refractivity contribution in [3.63, 3.8) is 0 Å². The van der Waals surface area contributed by atoms with Gasteiger partial charge in [0.1, 0.15) is 14.2 Å². The van der Waals surface area contributed by atoms with Gasteiger partial charge in [-0.2, -0.15) is 0 Å². The molecule has 6 nitrogen and oxygen atoms in total. The number of aryl methyl sites for hydroxylation is 2. The van der Waals surface area contributed by atoms with E-state index in [0.29, 0.717) is 28.2 Å². The van der Waals surface area contributed by atoms with E-state index in [9.17, 15) is 13.2 Å². The monoisotopic (exact) mass is 346 g/mol. The van der Waals surface area contributed by atoms with Crippen molar-refractivity contribution in [2.75, 3.05) is 4.72 Å². The van der Waals surface area contributed by atoms with Crippen LogP contribution < -0.4 is 4.72 Å². The number of aromatic nitrogens is 1. The molecule has 0 fully saturated rings. The number of hydrogen-bond donors (Lipinski definition) is 2. The number of pyridine rings is 1. The number of nitrogens with zero attached hydrogens (tertiary/aromatic N) is 1. The van der Waals surface area contributed by atoms with E-state index in [-0.39, 0.29) is 14.2 Å². The van der Waals surface area contributed by atoms with Crippen LogP contribution in [0, 0.1) is 13.8 Å². The third kappa shape index (κ3) is 3.34. The van der Waals surface area contributed by atoms with E-state index < -0.39 is 16.0 Å². The average Bonchev–Trinajstić information content (AvgIpc) is 2.76. The average molecular weight is 347 g/mol. The van der Waals surface area contributed by atoms with Gasteiger partial charge in [-0.3, -0.25) is 4.72 Å². The first-order chi connectivity index (χ1) is 9.70. The van der Waals surface area contributed by atoms with Crippen LogP contribution >= 0.6 is 22.9 Å². The number of carboxylic acid groups (broad SMARTS) is 1. The van der Waals surface area contributed by atoms with Crippen LogP contribution in [0.5, 0.6) is 0 Å². The van der Waals surface area contributed by atoms with Crippen LogP contribution in [0.25, 0.3) is 0 Å². The lowest BCUT2D eigenvalue weighted by atomic mass is 10.3. The topological polar surface area (TPSA) is 96.4 Å². The van der Waals surface area contributed by atoms with Gasteiger partial charge >= 0.3 is 5.97 Å². The van der Waals surface area contributed by atoms with Gasteiger partial charge in [0.05, 0.1) is 11.9 Å². The van der Waals surface area contributed by atoms with Crippen LogP contribution in [0.2, 0.25) is 5.15 Å². The second kappa shape index (κ2) is 5.63. The van der Waals surface area contributed by atoms with Crippen molar-refractivity contribution in [2.45, 2.75) is 18.1 Å². The second-order valence-electron chi connectivity index (χ2n) is 4.31. The fourth-order valence-corrected chi connectivity index (χ4v) is 4.33. The van der Waals surface area contributed by atoms with Crippen molar-refractivity contribution in [3.05, 3.63) is 39.5 Å². The predicted molar refractivity (Wildman–Crippen MR) is 80.8 cm³/mol. The van der Waals surface area contributed by atoms with Crippen molar-refractivity contribution in [1.82, 2.24) is 4.98 Å². The van der Waals surface area contributed by atoms with Crippen molar-refractivity contribution in [1.29, 1.82) is 0 Å². The summed E-state index contributed by atoms with van der Waals surface area (Å²) in [5.41, 5.74) is 1.31. The summed E-state index contributed by atoms with van der Waals surface area (Å²) in [7, 11) is -3.86. The summed E-state index contributed by atoms with van der Waals surface area (Å²) in [6, 6.07) is 2.86. The van der Waals surface area contributed by atoms with Gasteiger partial charge in [0.2, 0.25) is 0 Å². The zero-order chi connectivity index (χ0) is 15.8. The van der Waals surface area contributed by atoms with Gasteiger partial charge in [-0.25, -0.2) is 18.2 Å². The SMILES string of the molecule is Cc1cc(Cl)ncc1NS(=O)(=O)c1cc(C)c(C(=O)O)s1. The summed E-state index contributed by atoms with van der Waals surface area (Å²) < 4.78 is 26.9. The summed E-state index contributed by atoms with van der Waals surface area (Å²) in [6.07, 6.45) is 1.31. The zero-order valence-corrected chi connectivity index (χ0v) is 13.4. The number of hydrogen-bond acceptors (Lipinski definition) is 5. The number of carboxylic acids is 1. The van der Waals surface area contributed by atoms with Crippen LogP contribution in [-0.2, 0) is 10.0 Å². The summed E-state index contributed by atoms with van der Waals surface area (Å²) in [5, 5.41) is 9.24. The second-order valence-corrected chi connectivity index (χ2v) is 7.66. The van der Waals surface area contributed by atoms with Crippen molar-refractivity contribution in [3.8, 4) is 0 Å². The Bertz CT molecular complexity index is 815. The molecule has 112 valence electrons. The lowest BCUT2D eigenvalue weighted by Crippen LogP contribution is -2.12. The molecule has 0 saturated heterocycles. The molecule has 0 atom stereocenters. The van der Waals surface area contributed by atoms with E-state index in [1.807, 2.05) is 0 Å². The summed E-state index contributed by atoms with van der Waals surface area (Å²) in [6.45, 7) is 3.24. The van der Waals surface area contributed by atoms with Crippen LogP contribution in [0.1, 0.15) is 20.8 Å². The van der Waals surface area contributed by atoms with Crippen LogP contribution in [0.15, 0.2) is 22.5 Å². The van der Waals surface area contributed by atoms with Crippen LogP contribution in [-0.4, -0.2) is 24.5 Å².